The van der Waals surface area contributed by atoms with Crippen LogP contribution in [0.5, 0.6) is 0 Å². The predicted octanol–water partition coefficient (Wildman–Crippen LogP) is 1.73. The third kappa shape index (κ3) is 4.86. The van der Waals surface area contributed by atoms with E-state index in [1.807, 2.05) is 0 Å². The van der Waals surface area contributed by atoms with Gasteiger partial charge in [-0.3, -0.25) is 40.7 Å². The Labute approximate surface area is 169 Å². The molecule has 0 unspecified atom stereocenters. The number of benzene rings is 2. The molecule has 1 aliphatic rings. The number of hydrogen-bond donors (Lipinski definition) is 2. The second-order valence-corrected chi connectivity index (χ2v) is 6.31. The molecule has 2 aromatic carbocycles. The highest BCUT2D eigenvalue weighted by Crippen LogP contribution is 2.22. The molecule has 156 valence electrons. The minimum atomic E-state index is -0.818. The fraction of sp³-hybridized carbons (Fsp3) is 0.222. The number of nitro groups is 2. The van der Waals surface area contributed by atoms with E-state index < -0.39 is 27.1 Å². The van der Waals surface area contributed by atoms with E-state index in [0.29, 0.717) is 37.6 Å². The lowest BCUT2D eigenvalue weighted by Gasteiger charge is -2.26. The highest BCUT2D eigenvalue weighted by Gasteiger charge is 2.20. The average molecular weight is 415 g/mol. The van der Waals surface area contributed by atoms with E-state index in [0.717, 1.165) is 18.2 Å². The summed E-state index contributed by atoms with van der Waals surface area (Å²) in [6.45, 7) is 2.02. The van der Waals surface area contributed by atoms with E-state index in [9.17, 15) is 29.8 Å². The molecule has 0 radical (unpaired) electrons. The van der Waals surface area contributed by atoms with Crippen molar-refractivity contribution in [3.63, 3.8) is 0 Å². The summed E-state index contributed by atoms with van der Waals surface area (Å²) < 4.78 is 5.22. The molecule has 1 saturated heterocycles. The molecule has 30 heavy (non-hydrogen) atoms. The Morgan fingerprint density at radius 1 is 0.900 bits per heavy atom. The highest BCUT2D eigenvalue weighted by atomic mass is 16.6. The first kappa shape index (κ1) is 20.7. The Kier molecular flexibility index (Phi) is 6.17. The third-order valence-corrected chi connectivity index (χ3v) is 4.34. The summed E-state index contributed by atoms with van der Waals surface area (Å²) in [6.07, 6.45) is 0. The summed E-state index contributed by atoms with van der Waals surface area (Å²) in [5.41, 5.74) is 4.45. The number of nitro benzene ring substituents is 2. The van der Waals surface area contributed by atoms with Crippen molar-refractivity contribution >= 4 is 28.9 Å². The van der Waals surface area contributed by atoms with Gasteiger partial charge in [0, 0.05) is 30.8 Å². The molecule has 0 bridgehead atoms. The van der Waals surface area contributed by atoms with Gasteiger partial charge in [0.1, 0.15) is 0 Å². The van der Waals surface area contributed by atoms with Gasteiger partial charge in [0.2, 0.25) is 0 Å². The summed E-state index contributed by atoms with van der Waals surface area (Å²) in [5, 5.41) is 21.9. The minimum Gasteiger partial charge on any atom is -0.378 e. The Bertz CT molecular complexity index is 955. The predicted molar refractivity (Wildman–Crippen MR) is 104 cm³/mol. The summed E-state index contributed by atoms with van der Waals surface area (Å²) in [6, 6.07) is 8.97. The Morgan fingerprint density at radius 3 is 2.00 bits per heavy atom. The smallest absolute Gasteiger partial charge is 0.277 e. The first-order valence-electron chi connectivity index (χ1n) is 8.82. The molecule has 12 nitrogen and oxygen atoms in total. The quantitative estimate of drug-likeness (QED) is 0.533. The number of amides is 2. The van der Waals surface area contributed by atoms with Crippen LogP contribution in [-0.4, -0.2) is 52.9 Å². The number of carbonyl (C=O) groups is 2. The second kappa shape index (κ2) is 8.96. The van der Waals surface area contributed by atoms with Crippen LogP contribution in [-0.2, 0) is 4.74 Å². The summed E-state index contributed by atoms with van der Waals surface area (Å²) in [7, 11) is 0. The topological polar surface area (TPSA) is 157 Å². The van der Waals surface area contributed by atoms with Gasteiger partial charge in [-0.05, 0) is 24.3 Å². The van der Waals surface area contributed by atoms with Crippen LogP contribution >= 0.6 is 0 Å². The van der Waals surface area contributed by atoms with E-state index in [1.165, 1.54) is 0 Å². The number of hydrogen-bond acceptors (Lipinski definition) is 8. The zero-order valence-electron chi connectivity index (χ0n) is 15.6. The van der Waals surface area contributed by atoms with Crippen molar-refractivity contribution in [3.8, 4) is 0 Å². The van der Waals surface area contributed by atoms with Crippen LogP contribution < -0.4 is 10.9 Å². The number of anilines is 1. The maximum absolute atomic E-state index is 12.4. The molecule has 2 amide bonds. The zero-order valence-corrected chi connectivity index (χ0v) is 15.6. The van der Waals surface area contributed by atoms with Gasteiger partial charge in [0.15, 0.2) is 0 Å². The number of rotatable bonds is 6. The zero-order chi connectivity index (χ0) is 21.7. The van der Waals surface area contributed by atoms with E-state index in [2.05, 4.69) is 10.9 Å². The first-order chi connectivity index (χ1) is 14.3. The molecular weight excluding hydrogens is 398 g/mol. The van der Waals surface area contributed by atoms with E-state index >= 15 is 0 Å². The molecular formula is C18H17N5O7. The molecule has 1 heterocycles. The lowest BCUT2D eigenvalue weighted by Crippen LogP contribution is -2.40. The molecule has 0 aromatic heterocycles. The number of hydrazine groups is 1. The fourth-order valence-electron chi connectivity index (χ4n) is 2.78. The van der Waals surface area contributed by atoms with Gasteiger partial charge in [-0.1, -0.05) is 0 Å². The van der Waals surface area contributed by atoms with E-state index in [4.69, 9.17) is 4.74 Å². The Hall–Kier alpha value is -4.06. The van der Waals surface area contributed by atoms with Crippen LogP contribution in [0.25, 0.3) is 0 Å². The molecule has 1 aliphatic heterocycles. The first-order valence-corrected chi connectivity index (χ1v) is 8.82. The summed E-state index contributed by atoms with van der Waals surface area (Å²) in [5.74, 6) is -0.923. The van der Waals surface area contributed by atoms with Crippen LogP contribution in [0.1, 0.15) is 20.7 Å². The summed E-state index contributed by atoms with van der Waals surface area (Å²) >= 11 is 0. The second-order valence-electron chi connectivity index (χ2n) is 6.31. The third-order valence-electron chi connectivity index (χ3n) is 4.34. The van der Waals surface area contributed by atoms with Crippen molar-refractivity contribution in [2.45, 2.75) is 0 Å². The minimum absolute atomic E-state index is 0.127. The maximum atomic E-state index is 12.4. The number of nitrogens with zero attached hydrogens (tertiary/aromatic N) is 3. The van der Waals surface area contributed by atoms with E-state index in [1.54, 1.807) is 29.2 Å². The largest absolute Gasteiger partial charge is 0.378 e. The molecule has 0 aliphatic carbocycles. The van der Waals surface area contributed by atoms with Gasteiger partial charge in [-0.25, -0.2) is 0 Å². The number of ether oxygens (including phenoxy) is 1. The SMILES string of the molecule is O=C(NNc1ccc(C(=O)N2CCOCC2)cc1)c1cc([N+](=O)[O-])cc([N+](=O)[O-])c1. The number of non-ortho nitro benzene ring substituents is 2. The summed E-state index contributed by atoms with van der Waals surface area (Å²) in [4.78, 5) is 46.6. The normalized spacial score (nSPS) is 13.4. The number of morpholine rings is 1. The monoisotopic (exact) mass is 415 g/mol. The van der Waals surface area contributed by atoms with Crippen LogP contribution in [0, 0.1) is 20.2 Å². The van der Waals surface area contributed by atoms with Gasteiger partial charge >= 0.3 is 0 Å². The van der Waals surface area contributed by atoms with E-state index in [-0.39, 0.29) is 11.5 Å². The molecule has 0 saturated carbocycles. The van der Waals surface area contributed by atoms with Gasteiger partial charge in [0.25, 0.3) is 23.2 Å². The molecule has 12 heteroatoms. The van der Waals surface area contributed by atoms with Crippen molar-refractivity contribution < 1.29 is 24.2 Å². The van der Waals surface area contributed by atoms with Crippen LogP contribution in [0.2, 0.25) is 0 Å². The molecule has 2 N–H and O–H groups in total. The number of nitrogens with one attached hydrogen (secondary N) is 2. The molecule has 3 rings (SSSR count). The highest BCUT2D eigenvalue weighted by molar-refractivity contribution is 5.96. The lowest BCUT2D eigenvalue weighted by atomic mass is 10.1. The van der Waals surface area contributed by atoms with Crippen molar-refractivity contribution in [2.75, 3.05) is 31.7 Å². The van der Waals surface area contributed by atoms with Gasteiger partial charge in [0.05, 0.1) is 40.4 Å². The van der Waals surface area contributed by atoms with Gasteiger partial charge < -0.3 is 9.64 Å². The van der Waals surface area contributed by atoms with Crippen molar-refractivity contribution in [1.82, 2.24) is 10.3 Å². The molecule has 0 atom stereocenters. The van der Waals surface area contributed by atoms with Crippen LogP contribution in [0.4, 0.5) is 17.1 Å². The van der Waals surface area contributed by atoms with Crippen molar-refractivity contribution in [3.05, 3.63) is 73.8 Å². The molecule has 2 aromatic rings. The lowest BCUT2D eigenvalue weighted by molar-refractivity contribution is -0.394. The molecule has 0 spiro atoms. The van der Waals surface area contributed by atoms with Crippen molar-refractivity contribution in [2.24, 2.45) is 0 Å². The standard InChI is InChI=1S/C18H17N5O7/c24-17(13-9-15(22(26)27)11-16(10-13)23(28)29)20-19-14-3-1-12(2-4-14)18(25)21-5-7-30-8-6-21/h1-4,9-11,19H,5-8H2,(H,20,24). The maximum Gasteiger partial charge on any atom is 0.277 e. The van der Waals surface area contributed by atoms with Gasteiger partial charge in [-0.15, -0.1) is 0 Å². The fourth-order valence-corrected chi connectivity index (χ4v) is 2.78. The Morgan fingerprint density at radius 2 is 1.47 bits per heavy atom. The van der Waals surface area contributed by atoms with Crippen LogP contribution in [0.3, 0.4) is 0 Å². The molecule has 1 fully saturated rings. The van der Waals surface area contributed by atoms with Crippen LogP contribution in [0.15, 0.2) is 42.5 Å². The van der Waals surface area contributed by atoms with Crippen molar-refractivity contribution in [1.29, 1.82) is 0 Å². The Balaban J connectivity index is 1.65. The average Bonchev–Trinajstić information content (AvgIpc) is 2.77. The van der Waals surface area contributed by atoms with Gasteiger partial charge in [-0.2, -0.15) is 0 Å². The number of carbonyl (C=O) groups excluding carboxylic acids is 2.